The minimum atomic E-state index is -0.432. The summed E-state index contributed by atoms with van der Waals surface area (Å²) >= 11 is 0. The molecule has 0 aromatic carbocycles. The summed E-state index contributed by atoms with van der Waals surface area (Å²) in [5, 5.41) is 4.01. The van der Waals surface area contributed by atoms with Gasteiger partial charge in [0.15, 0.2) is 5.82 Å². The molecule has 23 heavy (non-hydrogen) atoms. The molecule has 0 bridgehead atoms. The maximum atomic E-state index is 11.9. The van der Waals surface area contributed by atoms with Gasteiger partial charge in [0, 0.05) is 30.6 Å². The van der Waals surface area contributed by atoms with Crippen LogP contribution in [0.5, 0.6) is 0 Å². The van der Waals surface area contributed by atoms with Gasteiger partial charge in [0.25, 0.3) is 0 Å². The number of hydrogen-bond donors (Lipinski definition) is 1. The maximum Gasteiger partial charge on any atom is 0.240 e. The maximum absolute atomic E-state index is 11.9. The number of pyridine rings is 1. The Morgan fingerprint density at radius 2 is 2.35 bits per heavy atom. The largest absolute Gasteiger partial charge is 0.368 e. The van der Waals surface area contributed by atoms with Crippen LogP contribution in [0, 0.1) is 6.07 Å². The number of rotatable bonds is 4. The lowest BCUT2D eigenvalue weighted by Crippen LogP contribution is -2.50. The highest BCUT2D eigenvalue weighted by Crippen LogP contribution is 2.33. The van der Waals surface area contributed by atoms with Crippen LogP contribution >= 0.6 is 0 Å². The molecule has 2 aromatic heterocycles. The first-order chi connectivity index (χ1) is 11.1. The Balaban J connectivity index is 1.80. The number of hydrogen-bond acceptors (Lipinski definition) is 6. The van der Waals surface area contributed by atoms with Crippen molar-refractivity contribution >= 4 is 11.7 Å². The Bertz CT molecular complexity index is 670. The summed E-state index contributed by atoms with van der Waals surface area (Å²) in [6.07, 6.45) is 2.95. The van der Waals surface area contributed by atoms with Crippen molar-refractivity contribution in [1.82, 2.24) is 15.1 Å². The Kier molecular flexibility index (Phi) is 4.27. The monoisotopic (exact) mass is 314 g/mol. The van der Waals surface area contributed by atoms with Crippen LogP contribution in [0.4, 0.5) is 5.82 Å². The van der Waals surface area contributed by atoms with Gasteiger partial charge < -0.3 is 15.2 Å². The van der Waals surface area contributed by atoms with Crippen LogP contribution in [-0.4, -0.2) is 33.6 Å². The van der Waals surface area contributed by atoms with Gasteiger partial charge >= 0.3 is 0 Å². The van der Waals surface area contributed by atoms with Crippen LogP contribution in [0.3, 0.4) is 0 Å². The van der Waals surface area contributed by atoms with Crippen LogP contribution in [0.1, 0.15) is 50.2 Å². The number of nitrogens with two attached hydrogens (primary N) is 1. The fourth-order valence-electron chi connectivity index (χ4n) is 2.86. The van der Waals surface area contributed by atoms with Gasteiger partial charge in [-0.25, -0.2) is 4.98 Å². The topological polar surface area (TPSA) is 98.1 Å². The molecule has 3 rings (SSSR count). The van der Waals surface area contributed by atoms with Crippen molar-refractivity contribution in [3.63, 3.8) is 0 Å². The van der Waals surface area contributed by atoms with Crippen molar-refractivity contribution in [3.8, 4) is 0 Å². The zero-order valence-electron chi connectivity index (χ0n) is 13.3. The summed E-state index contributed by atoms with van der Waals surface area (Å²) in [7, 11) is 0. The third-order valence-electron chi connectivity index (χ3n) is 4.15. The summed E-state index contributed by atoms with van der Waals surface area (Å²) in [5.41, 5.74) is 5.61. The minimum absolute atomic E-state index is 0.0408. The van der Waals surface area contributed by atoms with Crippen molar-refractivity contribution in [1.29, 1.82) is 0 Å². The molecule has 2 aromatic rings. The number of carbonyl (C=O) groups is 1. The Labute approximate surface area is 134 Å². The summed E-state index contributed by atoms with van der Waals surface area (Å²) in [6, 6.07) is 6.05. The van der Waals surface area contributed by atoms with Gasteiger partial charge in [0.1, 0.15) is 11.9 Å². The van der Waals surface area contributed by atoms with E-state index in [0.29, 0.717) is 24.7 Å². The summed E-state index contributed by atoms with van der Waals surface area (Å²) < 4.78 is 5.38. The Morgan fingerprint density at radius 3 is 2.96 bits per heavy atom. The highest BCUT2D eigenvalue weighted by molar-refractivity contribution is 5.83. The van der Waals surface area contributed by atoms with E-state index in [-0.39, 0.29) is 17.7 Å². The molecule has 7 heteroatoms. The molecule has 1 saturated heterocycles. The van der Waals surface area contributed by atoms with Gasteiger partial charge in [-0.1, -0.05) is 19.0 Å². The molecule has 1 aliphatic heterocycles. The third-order valence-corrected chi connectivity index (χ3v) is 4.15. The van der Waals surface area contributed by atoms with E-state index in [1.807, 2.05) is 24.8 Å². The van der Waals surface area contributed by atoms with Crippen molar-refractivity contribution < 1.29 is 9.32 Å². The molecule has 3 heterocycles. The highest BCUT2D eigenvalue weighted by Gasteiger charge is 2.36. The Hall–Kier alpha value is -2.44. The normalized spacial score (nSPS) is 21.6. The lowest BCUT2D eigenvalue weighted by molar-refractivity contribution is -0.119. The van der Waals surface area contributed by atoms with Crippen LogP contribution in [-0.2, 0) is 4.79 Å². The lowest BCUT2D eigenvalue weighted by atomic mass is 9.90. The number of anilines is 1. The van der Waals surface area contributed by atoms with Gasteiger partial charge in [0.2, 0.25) is 11.8 Å². The predicted molar refractivity (Wildman–Crippen MR) is 83.8 cm³/mol. The molecule has 7 nitrogen and oxygen atoms in total. The van der Waals surface area contributed by atoms with E-state index >= 15 is 0 Å². The predicted octanol–water partition coefficient (Wildman–Crippen LogP) is 1.63. The zero-order chi connectivity index (χ0) is 16.4. The smallest absolute Gasteiger partial charge is 0.240 e. The van der Waals surface area contributed by atoms with Gasteiger partial charge in [-0.3, -0.25) is 4.79 Å². The molecule has 2 unspecified atom stereocenters. The van der Waals surface area contributed by atoms with Crippen molar-refractivity contribution in [2.24, 2.45) is 5.73 Å². The molecule has 2 N–H and O–H groups in total. The third kappa shape index (κ3) is 3.18. The fourth-order valence-corrected chi connectivity index (χ4v) is 2.86. The first-order valence-corrected chi connectivity index (χ1v) is 7.77. The molecule has 1 radical (unpaired) electrons. The van der Waals surface area contributed by atoms with Crippen LogP contribution in [0.15, 0.2) is 22.9 Å². The van der Waals surface area contributed by atoms with Crippen LogP contribution in [0.25, 0.3) is 0 Å². The average Bonchev–Trinajstić information content (AvgIpc) is 3.05. The number of piperidine rings is 1. The van der Waals surface area contributed by atoms with E-state index in [4.69, 9.17) is 10.3 Å². The first kappa shape index (κ1) is 15.5. The molecular weight excluding hydrogens is 294 g/mol. The standard InChI is InChI=1S/C16H20N5O2/c1-10(2)15-19-16(23-20-15)11-6-8-21(12(9-11)14(17)22)13-5-3-4-7-18-13/h3,5,7,10-12H,6,8-9H2,1-2H3,(H2,17,22). The molecule has 1 amide bonds. The van der Waals surface area contributed by atoms with Crippen molar-refractivity contribution in [2.45, 2.75) is 44.6 Å². The highest BCUT2D eigenvalue weighted by atomic mass is 16.5. The number of carbonyl (C=O) groups excluding carboxylic acids is 1. The van der Waals surface area contributed by atoms with Crippen molar-refractivity contribution in [2.75, 3.05) is 11.4 Å². The second kappa shape index (κ2) is 6.36. The van der Waals surface area contributed by atoms with Gasteiger partial charge in [0.05, 0.1) is 0 Å². The number of primary amides is 1. The molecule has 121 valence electrons. The average molecular weight is 314 g/mol. The van der Waals surface area contributed by atoms with E-state index in [0.717, 1.165) is 12.2 Å². The van der Waals surface area contributed by atoms with E-state index in [1.54, 1.807) is 12.3 Å². The molecule has 2 atom stereocenters. The Morgan fingerprint density at radius 1 is 1.52 bits per heavy atom. The van der Waals surface area contributed by atoms with E-state index in [2.05, 4.69) is 21.2 Å². The summed E-state index contributed by atoms with van der Waals surface area (Å²) in [6.45, 7) is 4.69. The SMILES string of the molecule is CC(C)c1noc(C2CCN(c3cc[c]cn3)C(C(N)=O)C2)n1. The molecule has 0 aliphatic carbocycles. The second-order valence-electron chi connectivity index (χ2n) is 6.09. The second-order valence-corrected chi connectivity index (χ2v) is 6.09. The molecule has 1 fully saturated rings. The number of aromatic nitrogens is 3. The fraction of sp³-hybridized carbons (Fsp3) is 0.500. The molecule has 1 aliphatic rings. The quantitative estimate of drug-likeness (QED) is 0.921. The number of nitrogens with zero attached hydrogens (tertiary/aromatic N) is 4. The zero-order valence-corrected chi connectivity index (χ0v) is 13.3. The molecular formula is C16H20N5O2. The first-order valence-electron chi connectivity index (χ1n) is 7.77. The van der Waals surface area contributed by atoms with Crippen molar-refractivity contribution in [3.05, 3.63) is 36.1 Å². The minimum Gasteiger partial charge on any atom is -0.368 e. The molecule has 0 spiro atoms. The summed E-state index contributed by atoms with van der Waals surface area (Å²) in [5.74, 6) is 1.91. The van der Waals surface area contributed by atoms with Gasteiger partial charge in [-0.05, 0) is 25.0 Å². The van der Waals surface area contributed by atoms with Crippen LogP contribution in [0.2, 0.25) is 0 Å². The van der Waals surface area contributed by atoms with E-state index in [9.17, 15) is 4.79 Å². The van der Waals surface area contributed by atoms with Crippen LogP contribution < -0.4 is 10.6 Å². The number of amides is 1. The summed E-state index contributed by atoms with van der Waals surface area (Å²) in [4.78, 5) is 22.6. The van der Waals surface area contributed by atoms with Gasteiger partial charge in [-0.15, -0.1) is 0 Å². The van der Waals surface area contributed by atoms with E-state index < -0.39 is 6.04 Å². The van der Waals surface area contributed by atoms with E-state index in [1.165, 1.54) is 0 Å². The molecule has 0 saturated carbocycles. The lowest BCUT2D eigenvalue weighted by Gasteiger charge is -2.37. The van der Waals surface area contributed by atoms with Gasteiger partial charge in [-0.2, -0.15) is 4.98 Å².